The second-order valence-corrected chi connectivity index (χ2v) is 5.99. The molecule has 1 aliphatic heterocycles. The van der Waals surface area contributed by atoms with Gasteiger partial charge in [-0.15, -0.1) is 0 Å². The van der Waals surface area contributed by atoms with E-state index < -0.39 is 41.6 Å². The van der Waals surface area contributed by atoms with E-state index >= 15 is 0 Å². The Balaban J connectivity index is 2.46. The lowest BCUT2D eigenvalue weighted by Crippen LogP contribution is -2.41. The second kappa shape index (κ2) is 4.61. The zero-order valence-corrected chi connectivity index (χ0v) is 12.0. The summed E-state index contributed by atoms with van der Waals surface area (Å²) in [6, 6.07) is 1.48. The fourth-order valence-electron chi connectivity index (χ4n) is 1.95. The quantitative estimate of drug-likeness (QED) is 0.640. The molecule has 21 heavy (non-hydrogen) atoms. The first kappa shape index (κ1) is 16.1. The molecular formula is C13H15BF4O3. The molecule has 0 radical (unpaired) electrons. The van der Waals surface area contributed by atoms with Crippen molar-refractivity contribution in [1.29, 1.82) is 0 Å². The monoisotopic (exact) mass is 306 g/mol. The van der Waals surface area contributed by atoms with Crippen LogP contribution in [0, 0.1) is 5.82 Å². The number of halogens is 4. The minimum absolute atomic E-state index is 0.0834. The fourth-order valence-corrected chi connectivity index (χ4v) is 1.95. The van der Waals surface area contributed by atoms with Crippen molar-refractivity contribution in [2.45, 2.75) is 45.1 Å². The van der Waals surface area contributed by atoms with Gasteiger partial charge in [0.15, 0.2) is 11.6 Å². The number of benzene rings is 1. The van der Waals surface area contributed by atoms with Gasteiger partial charge in [0.1, 0.15) is 0 Å². The molecule has 8 heteroatoms. The van der Waals surface area contributed by atoms with E-state index in [0.29, 0.717) is 6.07 Å². The first-order valence-electron chi connectivity index (χ1n) is 6.30. The van der Waals surface area contributed by atoms with Crippen LogP contribution in [0.5, 0.6) is 5.75 Å². The van der Waals surface area contributed by atoms with Crippen LogP contribution in [0.1, 0.15) is 33.3 Å². The van der Waals surface area contributed by atoms with Crippen molar-refractivity contribution in [2.75, 3.05) is 0 Å². The Kier molecular flexibility index (Phi) is 3.53. The van der Waals surface area contributed by atoms with Gasteiger partial charge < -0.3 is 14.4 Å². The van der Waals surface area contributed by atoms with Gasteiger partial charge in [-0.3, -0.25) is 0 Å². The van der Waals surface area contributed by atoms with Crippen LogP contribution < -0.4 is 5.46 Å². The third-order valence-corrected chi connectivity index (χ3v) is 3.91. The average molecular weight is 306 g/mol. The van der Waals surface area contributed by atoms with Gasteiger partial charge in [0, 0.05) is 0 Å². The molecule has 0 spiro atoms. The lowest BCUT2D eigenvalue weighted by atomic mass is 9.78. The smallest absolute Gasteiger partial charge is 0.494 e. The standard InChI is InChI=1S/C13H15BF4O3/c1-11(2)12(3,4)21-14(20-11)7-5-8(13(16,17)18)10(15)9(19)6-7/h5-6,19H,1-4H3. The Hall–Kier alpha value is -1.28. The molecule has 0 saturated carbocycles. The highest BCUT2D eigenvalue weighted by atomic mass is 19.4. The summed E-state index contributed by atoms with van der Waals surface area (Å²) in [4.78, 5) is 0. The summed E-state index contributed by atoms with van der Waals surface area (Å²) >= 11 is 0. The van der Waals surface area contributed by atoms with E-state index in [4.69, 9.17) is 9.31 Å². The van der Waals surface area contributed by atoms with E-state index in [-0.39, 0.29) is 5.46 Å². The molecule has 1 saturated heterocycles. The van der Waals surface area contributed by atoms with Crippen LogP contribution >= 0.6 is 0 Å². The Bertz CT molecular complexity index is 553. The van der Waals surface area contributed by atoms with Crippen molar-refractivity contribution in [3.8, 4) is 5.75 Å². The topological polar surface area (TPSA) is 38.7 Å². The van der Waals surface area contributed by atoms with Crippen molar-refractivity contribution < 1.29 is 32.0 Å². The van der Waals surface area contributed by atoms with Gasteiger partial charge in [-0.05, 0) is 45.3 Å². The van der Waals surface area contributed by atoms with Crippen LogP contribution in [-0.4, -0.2) is 23.4 Å². The Morgan fingerprint density at radius 3 is 1.95 bits per heavy atom. The normalized spacial score (nSPS) is 20.9. The molecule has 0 aliphatic carbocycles. The van der Waals surface area contributed by atoms with Gasteiger partial charge in [0.2, 0.25) is 0 Å². The lowest BCUT2D eigenvalue weighted by molar-refractivity contribution is -0.140. The maximum absolute atomic E-state index is 13.4. The molecule has 3 nitrogen and oxygen atoms in total. The molecule has 1 aromatic carbocycles. The number of phenols is 1. The predicted octanol–water partition coefficient (Wildman–Crippen LogP) is 2.85. The Morgan fingerprint density at radius 1 is 1.05 bits per heavy atom. The highest BCUT2D eigenvalue weighted by molar-refractivity contribution is 6.62. The molecule has 2 rings (SSSR count). The summed E-state index contributed by atoms with van der Waals surface area (Å²) in [5.41, 5.74) is -3.13. The molecule has 1 aliphatic rings. The van der Waals surface area contributed by atoms with Crippen molar-refractivity contribution >= 4 is 12.6 Å². The van der Waals surface area contributed by atoms with Gasteiger partial charge in [-0.2, -0.15) is 13.2 Å². The SMILES string of the molecule is CC1(C)OB(c2cc(O)c(F)c(C(F)(F)F)c2)OC1(C)C. The number of phenolic OH excluding ortho intramolecular Hbond substituents is 1. The molecule has 0 amide bonds. The average Bonchev–Trinajstić information content (AvgIpc) is 2.50. The molecule has 1 fully saturated rings. The van der Waals surface area contributed by atoms with Crippen molar-refractivity contribution in [1.82, 2.24) is 0 Å². The van der Waals surface area contributed by atoms with E-state index in [1.165, 1.54) is 0 Å². The number of hydrogen-bond acceptors (Lipinski definition) is 3. The lowest BCUT2D eigenvalue weighted by Gasteiger charge is -2.32. The molecule has 1 heterocycles. The van der Waals surface area contributed by atoms with Gasteiger partial charge in [-0.1, -0.05) is 0 Å². The number of rotatable bonds is 1. The second-order valence-electron chi connectivity index (χ2n) is 5.99. The van der Waals surface area contributed by atoms with Crippen LogP contribution in [0.3, 0.4) is 0 Å². The van der Waals surface area contributed by atoms with E-state index in [0.717, 1.165) is 6.07 Å². The zero-order valence-electron chi connectivity index (χ0n) is 12.0. The Morgan fingerprint density at radius 2 is 1.52 bits per heavy atom. The highest BCUT2D eigenvalue weighted by Gasteiger charge is 2.52. The van der Waals surface area contributed by atoms with E-state index in [9.17, 15) is 22.7 Å². The number of hydrogen-bond donors (Lipinski definition) is 1. The van der Waals surface area contributed by atoms with Crippen LogP contribution in [0.25, 0.3) is 0 Å². The zero-order chi connectivity index (χ0) is 16.2. The number of alkyl halides is 3. The van der Waals surface area contributed by atoms with Gasteiger partial charge >= 0.3 is 13.3 Å². The van der Waals surface area contributed by atoms with Crippen LogP contribution in [0.15, 0.2) is 12.1 Å². The summed E-state index contributed by atoms with van der Waals surface area (Å²) in [7, 11) is -1.11. The molecule has 0 atom stereocenters. The number of aromatic hydroxyl groups is 1. The minimum Gasteiger partial charge on any atom is -0.505 e. The maximum Gasteiger partial charge on any atom is 0.494 e. The summed E-state index contributed by atoms with van der Waals surface area (Å²) in [6.07, 6.45) is -4.92. The van der Waals surface area contributed by atoms with Crippen LogP contribution in [0.2, 0.25) is 0 Å². The molecule has 0 bridgehead atoms. The van der Waals surface area contributed by atoms with Gasteiger partial charge in [-0.25, -0.2) is 4.39 Å². The minimum atomic E-state index is -4.92. The van der Waals surface area contributed by atoms with Gasteiger partial charge in [0.25, 0.3) is 0 Å². The van der Waals surface area contributed by atoms with Gasteiger partial charge in [0.05, 0.1) is 16.8 Å². The first-order chi connectivity index (χ1) is 9.35. The van der Waals surface area contributed by atoms with Crippen molar-refractivity contribution in [3.05, 3.63) is 23.5 Å². The van der Waals surface area contributed by atoms with Crippen molar-refractivity contribution in [3.63, 3.8) is 0 Å². The third-order valence-electron chi connectivity index (χ3n) is 3.91. The molecule has 0 aromatic heterocycles. The van der Waals surface area contributed by atoms with Crippen LogP contribution in [0.4, 0.5) is 17.6 Å². The fraction of sp³-hybridized carbons (Fsp3) is 0.538. The highest BCUT2D eigenvalue weighted by Crippen LogP contribution is 2.38. The summed E-state index contributed by atoms with van der Waals surface area (Å²) in [5.74, 6) is -2.79. The summed E-state index contributed by atoms with van der Waals surface area (Å²) < 4.78 is 62.9. The van der Waals surface area contributed by atoms with E-state index in [2.05, 4.69) is 0 Å². The molecule has 116 valence electrons. The maximum atomic E-state index is 13.4. The summed E-state index contributed by atoms with van der Waals surface area (Å²) in [6.45, 7) is 6.95. The largest absolute Gasteiger partial charge is 0.505 e. The van der Waals surface area contributed by atoms with E-state index in [1.807, 2.05) is 0 Å². The molecule has 1 aromatic rings. The predicted molar refractivity (Wildman–Crippen MR) is 68.8 cm³/mol. The molecular weight excluding hydrogens is 291 g/mol. The van der Waals surface area contributed by atoms with Crippen molar-refractivity contribution in [2.24, 2.45) is 0 Å². The molecule has 1 N–H and O–H groups in total. The Labute approximate surface area is 120 Å². The summed E-state index contributed by atoms with van der Waals surface area (Å²) in [5, 5.41) is 9.38. The first-order valence-corrected chi connectivity index (χ1v) is 6.30. The third kappa shape index (κ3) is 2.74. The molecule has 0 unspecified atom stereocenters. The van der Waals surface area contributed by atoms with Crippen LogP contribution in [-0.2, 0) is 15.5 Å². The van der Waals surface area contributed by atoms with E-state index in [1.54, 1.807) is 27.7 Å².